The van der Waals surface area contributed by atoms with Crippen molar-refractivity contribution in [2.75, 3.05) is 32.8 Å². The molecule has 0 aromatic heterocycles. The summed E-state index contributed by atoms with van der Waals surface area (Å²) in [7, 11) is 0. The molecule has 0 radical (unpaired) electrons. The second-order valence-corrected chi connectivity index (χ2v) is 7.41. The molecule has 2 amide bonds. The van der Waals surface area contributed by atoms with Gasteiger partial charge >= 0.3 is 6.18 Å². The number of halogens is 3. The summed E-state index contributed by atoms with van der Waals surface area (Å²) >= 11 is 0. The average Bonchev–Trinajstić information content (AvgIpc) is 2.73. The van der Waals surface area contributed by atoms with E-state index < -0.39 is 11.7 Å². The Balaban J connectivity index is 1.47. The van der Waals surface area contributed by atoms with Gasteiger partial charge < -0.3 is 19.3 Å². The number of alkyl halides is 3. The second-order valence-electron chi connectivity index (χ2n) is 7.41. The van der Waals surface area contributed by atoms with Gasteiger partial charge in [-0.05, 0) is 24.3 Å². The average molecular weight is 426 g/mol. The van der Waals surface area contributed by atoms with E-state index in [0.717, 1.165) is 12.1 Å². The van der Waals surface area contributed by atoms with Crippen LogP contribution in [0.25, 0.3) is 0 Å². The molecule has 0 bridgehead atoms. The Morgan fingerprint density at radius 3 is 2.60 bits per heavy atom. The number of carbonyl (C=O) groups excluding carboxylic acids is 2. The van der Waals surface area contributed by atoms with Crippen LogP contribution in [0.2, 0.25) is 0 Å². The first-order chi connectivity index (χ1) is 14.3. The van der Waals surface area contributed by atoms with Crippen molar-refractivity contribution in [3.8, 4) is 5.75 Å². The lowest BCUT2D eigenvalue weighted by Crippen LogP contribution is -2.48. The van der Waals surface area contributed by atoms with E-state index in [1.165, 1.54) is 18.2 Å². The van der Waals surface area contributed by atoms with Crippen LogP contribution in [0.3, 0.4) is 0 Å². The highest BCUT2D eigenvalue weighted by Gasteiger charge is 2.32. The smallest absolute Gasteiger partial charge is 0.416 e. The van der Waals surface area contributed by atoms with Crippen molar-refractivity contribution < 1.29 is 32.2 Å². The lowest BCUT2D eigenvalue weighted by molar-refractivity contribution is -0.142. The summed E-state index contributed by atoms with van der Waals surface area (Å²) in [6, 6.07) is 4.82. The summed E-state index contributed by atoms with van der Waals surface area (Å²) in [6.07, 6.45) is -2.51. The molecule has 2 aliphatic heterocycles. The fraction of sp³-hybridized carbons (Fsp3) is 0.524. The van der Waals surface area contributed by atoms with Gasteiger partial charge in [0.1, 0.15) is 11.9 Å². The number of likely N-dealkylation sites (tertiary alicyclic amines) is 1. The first-order valence-electron chi connectivity index (χ1n) is 9.91. The van der Waals surface area contributed by atoms with Crippen molar-refractivity contribution in [1.29, 1.82) is 0 Å². The molecule has 2 aliphatic rings. The Bertz CT molecular complexity index is 776. The molecule has 0 spiro atoms. The fourth-order valence-electron chi connectivity index (χ4n) is 3.66. The maximum absolute atomic E-state index is 12.8. The van der Waals surface area contributed by atoms with Gasteiger partial charge in [-0.3, -0.25) is 9.59 Å². The van der Waals surface area contributed by atoms with E-state index in [0.29, 0.717) is 45.6 Å². The largest absolute Gasteiger partial charge is 0.490 e. The van der Waals surface area contributed by atoms with Crippen molar-refractivity contribution in [1.82, 2.24) is 9.80 Å². The van der Waals surface area contributed by atoms with E-state index in [-0.39, 0.29) is 36.2 Å². The van der Waals surface area contributed by atoms with E-state index >= 15 is 0 Å². The molecular formula is C21H25F3N2O4. The van der Waals surface area contributed by atoms with Crippen LogP contribution in [-0.4, -0.2) is 66.6 Å². The highest BCUT2D eigenvalue weighted by atomic mass is 19.4. The first-order valence-corrected chi connectivity index (χ1v) is 9.91. The highest BCUT2D eigenvalue weighted by Crippen LogP contribution is 2.32. The summed E-state index contributed by atoms with van der Waals surface area (Å²) < 4.78 is 49.8. The maximum Gasteiger partial charge on any atom is 0.416 e. The van der Waals surface area contributed by atoms with Gasteiger partial charge in [0.25, 0.3) is 0 Å². The first kappa shape index (κ1) is 22.1. The van der Waals surface area contributed by atoms with Crippen LogP contribution in [0, 0.1) is 0 Å². The zero-order valence-corrected chi connectivity index (χ0v) is 16.6. The molecule has 2 saturated heterocycles. The van der Waals surface area contributed by atoms with Gasteiger partial charge in [-0.2, -0.15) is 13.2 Å². The lowest BCUT2D eigenvalue weighted by Gasteiger charge is -2.35. The predicted molar refractivity (Wildman–Crippen MR) is 103 cm³/mol. The zero-order chi connectivity index (χ0) is 21.7. The van der Waals surface area contributed by atoms with Crippen molar-refractivity contribution in [2.45, 2.75) is 37.6 Å². The van der Waals surface area contributed by atoms with E-state index in [9.17, 15) is 22.8 Å². The number of carbonyl (C=O) groups is 2. The molecule has 0 N–H and O–H groups in total. The van der Waals surface area contributed by atoms with Crippen LogP contribution >= 0.6 is 0 Å². The Hall–Kier alpha value is -2.55. The molecule has 1 atom stereocenters. The van der Waals surface area contributed by atoms with Crippen molar-refractivity contribution >= 4 is 11.8 Å². The van der Waals surface area contributed by atoms with Gasteiger partial charge in [0, 0.05) is 39.0 Å². The number of nitrogens with zero attached hydrogens (tertiary/aromatic N) is 2. The molecule has 2 heterocycles. The minimum atomic E-state index is -4.41. The second kappa shape index (κ2) is 9.51. The van der Waals surface area contributed by atoms with Crippen LogP contribution in [-0.2, 0) is 20.5 Å². The summed E-state index contributed by atoms with van der Waals surface area (Å²) in [4.78, 5) is 27.7. The van der Waals surface area contributed by atoms with E-state index in [2.05, 4.69) is 6.58 Å². The minimum absolute atomic E-state index is 0.0644. The van der Waals surface area contributed by atoms with Crippen molar-refractivity contribution in [3.63, 3.8) is 0 Å². The van der Waals surface area contributed by atoms with Gasteiger partial charge in [-0.25, -0.2) is 0 Å². The number of amides is 2. The van der Waals surface area contributed by atoms with Gasteiger partial charge in [-0.15, -0.1) is 0 Å². The maximum atomic E-state index is 12.8. The Kier molecular flexibility index (Phi) is 7.02. The molecule has 1 aromatic rings. The molecule has 3 rings (SSSR count). The third-order valence-corrected chi connectivity index (χ3v) is 5.29. The molecule has 0 aliphatic carbocycles. The Morgan fingerprint density at radius 1 is 1.20 bits per heavy atom. The van der Waals surface area contributed by atoms with Crippen LogP contribution in [0.1, 0.15) is 24.8 Å². The van der Waals surface area contributed by atoms with Crippen LogP contribution < -0.4 is 4.74 Å². The van der Waals surface area contributed by atoms with Crippen LogP contribution in [0.15, 0.2) is 36.9 Å². The van der Waals surface area contributed by atoms with Crippen LogP contribution in [0.5, 0.6) is 5.75 Å². The molecule has 30 heavy (non-hydrogen) atoms. The molecule has 2 fully saturated rings. The highest BCUT2D eigenvalue weighted by molar-refractivity contribution is 5.87. The van der Waals surface area contributed by atoms with Crippen molar-refractivity contribution in [2.24, 2.45) is 0 Å². The van der Waals surface area contributed by atoms with Crippen LogP contribution in [0.4, 0.5) is 13.2 Å². The number of morpholine rings is 1. The molecule has 6 nitrogen and oxygen atoms in total. The Labute approximate surface area is 173 Å². The molecule has 1 aromatic carbocycles. The third-order valence-electron chi connectivity index (χ3n) is 5.29. The van der Waals surface area contributed by atoms with Crippen molar-refractivity contribution in [3.05, 3.63) is 42.5 Å². The molecular weight excluding hydrogens is 401 g/mol. The van der Waals surface area contributed by atoms with E-state index in [4.69, 9.17) is 9.47 Å². The zero-order valence-electron chi connectivity index (χ0n) is 16.6. The van der Waals surface area contributed by atoms with Gasteiger partial charge in [0.2, 0.25) is 11.8 Å². The third kappa shape index (κ3) is 5.75. The normalized spacial score (nSPS) is 20.7. The Morgan fingerprint density at radius 2 is 1.93 bits per heavy atom. The number of hydrogen-bond donors (Lipinski definition) is 0. The standard InChI is InChI=1S/C21H25F3N2O4/c1-2-19(27)26-10-11-29-18(14-26)13-20(28)25-8-6-16(7-9-25)30-17-5-3-4-15(12-17)21(22,23)24/h2-5,12,16,18H,1,6-11,13-14H2/t18-/m0/s1. The van der Waals surface area contributed by atoms with Gasteiger partial charge in [-0.1, -0.05) is 12.6 Å². The monoisotopic (exact) mass is 426 g/mol. The number of ether oxygens (including phenoxy) is 2. The van der Waals surface area contributed by atoms with E-state index in [1.54, 1.807) is 9.80 Å². The minimum Gasteiger partial charge on any atom is -0.490 e. The number of benzene rings is 1. The lowest BCUT2D eigenvalue weighted by atomic mass is 10.1. The van der Waals surface area contributed by atoms with E-state index in [1.807, 2.05) is 0 Å². The predicted octanol–water partition coefficient (Wildman–Crippen LogP) is 2.88. The number of hydrogen-bond acceptors (Lipinski definition) is 4. The summed E-state index contributed by atoms with van der Waals surface area (Å²) in [5, 5.41) is 0. The van der Waals surface area contributed by atoms with Gasteiger partial charge in [0.15, 0.2) is 0 Å². The number of rotatable bonds is 5. The summed E-state index contributed by atoms with van der Waals surface area (Å²) in [5.74, 6) is -0.0640. The SMILES string of the molecule is C=CC(=O)N1CCO[C@@H](CC(=O)N2CCC(Oc3cccc(C(F)(F)F)c3)CC2)C1. The van der Waals surface area contributed by atoms with Gasteiger partial charge in [0.05, 0.1) is 24.7 Å². The quantitative estimate of drug-likeness (QED) is 0.680. The topological polar surface area (TPSA) is 59.1 Å². The summed E-state index contributed by atoms with van der Waals surface area (Å²) in [5.41, 5.74) is -0.746. The fourth-order valence-corrected chi connectivity index (χ4v) is 3.66. The molecule has 164 valence electrons. The molecule has 9 heteroatoms. The summed E-state index contributed by atoms with van der Waals surface area (Å²) in [6.45, 7) is 5.61. The molecule has 0 saturated carbocycles. The molecule has 0 unspecified atom stereocenters. The number of piperidine rings is 1.